The van der Waals surface area contributed by atoms with Gasteiger partial charge < -0.3 is 9.72 Å². The van der Waals surface area contributed by atoms with Crippen molar-refractivity contribution in [2.75, 3.05) is 6.61 Å². The number of benzene rings is 1. The fourth-order valence-electron chi connectivity index (χ4n) is 2.03. The molecule has 19 heavy (non-hydrogen) atoms. The number of aromatic nitrogens is 1. The molecule has 1 aromatic heterocycles. The average molecular weight is 256 g/mol. The van der Waals surface area contributed by atoms with E-state index >= 15 is 0 Å². The normalized spacial score (nSPS) is 10.3. The molecule has 0 aliphatic rings. The number of carbonyl (C=O) groups excluding carboxylic acids is 1. The first-order valence-corrected chi connectivity index (χ1v) is 6.40. The van der Waals surface area contributed by atoms with Crippen LogP contribution in [0.15, 0.2) is 24.3 Å². The van der Waals surface area contributed by atoms with Crippen LogP contribution in [0.5, 0.6) is 0 Å². The van der Waals surface area contributed by atoms with E-state index in [4.69, 9.17) is 10.00 Å². The summed E-state index contributed by atoms with van der Waals surface area (Å²) in [7, 11) is 0. The summed E-state index contributed by atoms with van der Waals surface area (Å²) in [5.74, 6) is -0.329. The molecule has 0 amide bonds. The molecule has 0 bridgehead atoms. The molecule has 2 aromatic rings. The minimum absolute atomic E-state index is 0.329. The van der Waals surface area contributed by atoms with Gasteiger partial charge in [-0.3, -0.25) is 0 Å². The lowest BCUT2D eigenvalue weighted by molar-refractivity contribution is 0.0520. The molecule has 4 heteroatoms. The van der Waals surface area contributed by atoms with E-state index in [0.717, 1.165) is 23.7 Å². The lowest BCUT2D eigenvalue weighted by atomic mass is 10.1. The second-order valence-electron chi connectivity index (χ2n) is 4.34. The second kappa shape index (κ2) is 6.05. The summed E-state index contributed by atoms with van der Waals surface area (Å²) >= 11 is 0. The first kappa shape index (κ1) is 13.2. The Labute approximate surface area is 112 Å². The Kier molecular flexibility index (Phi) is 4.19. The zero-order valence-corrected chi connectivity index (χ0v) is 10.9. The number of H-pyrrole nitrogens is 1. The van der Waals surface area contributed by atoms with E-state index < -0.39 is 0 Å². The molecule has 0 unspecified atom stereocenters. The Morgan fingerprint density at radius 2 is 2.26 bits per heavy atom. The predicted molar refractivity (Wildman–Crippen MR) is 72.8 cm³/mol. The van der Waals surface area contributed by atoms with Gasteiger partial charge in [0.2, 0.25) is 0 Å². The zero-order valence-electron chi connectivity index (χ0n) is 10.9. The molecular weight excluding hydrogens is 240 g/mol. The van der Waals surface area contributed by atoms with E-state index in [1.165, 1.54) is 5.56 Å². The quantitative estimate of drug-likeness (QED) is 0.660. The lowest BCUT2D eigenvalue weighted by Gasteiger charge is -1.98. The first-order valence-electron chi connectivity index (χ1n) is 6.40. The summed E-state index contributed by atoms with van der Waals surface area (Å²) in [5, 5.41) is 9.52. The number of nitrogens with one attached hydrogen (secondary N) is 1. The molecule has 0 saturated carbocycles. The molecule has 98 valence electrons. The van der Waals surface area contributed by atoms with Gasteiger partial charge in [0.15, 0.2) is 0 Å². The molecule has 0 aliphatic carbocycles. The summed E-state index contributed by atoms with van der Waals surface area (Å²) in [5.41, 5.74) is 2.58. The van der Waals surface area contributed by atoms with Gasteiger partial charge in [-0.2, -0.15) is 5.26 Å². The van der Waals surface area contributed by atoms with Gasteiger partial charge in [0, 0.05) is 17.3 Å². The molecule has 0 saturated heterocycles. The molecule has 0 fully saturated rings. The second-order valence-corrected chi connectivity index (χ2v) is 4.34. The van der Waals surface area contributed by atoms with Crippen LogP contribution < -0.4 is 0 Å². The van der Waals surface area contributed by atoms with Crippen LogP contribution in [0, 0.1) is 11.3 Å². The average Bonchev–Trinajstić information content (AvgIpc) is 2.82. The molecular formula is C15H16N2O2. The van der Waals surface area contributed by atoms with Gasteiger partial charge in [-0.25, -0.2) is 4.79 Å². The number of carbonyl (C=O) groups is 1. The van der Waals surface area contributed by atoms with Crippen LogP contribution in [0.2, 0.25) is 0 Å². The highest BCUT2D eigenvalue weighted by atomic mass is 16.5. The van der Waals surface area contributed by atoms with Crippen molar-refractivity contribution < 1.29 is 9.53 Å². The van der Waals surface area contributed by atoms with Crippen LogP contribution >= 0.6 is 0 Å². The number of nitrogens with zero attached hydrogens (tertiary/aromatic N) is 1. The highest BCUT2D eigenvalue weighted by Crippen LogP contribution is 2.19. The highest BCUT2D eigenvalue weighted by molar-refractivity contribution is 5.94. The summed E-state index contributed by atoms with van der Waals surface area (Å²) in [6.45, 7) is 2.15. The van der Waals surface area contributed by atoms with Crippen molar-refractivity contribution in [2.24, 2.45) is 0 Å². The van der Waals surface area contributed by atoms with Gasteiger partial charge in [-0.1, -0.05) is 6.07 Å². The maximum Gasteiger partial charge on any atom is 0.354 e. The van der Waals surface area contributed by atoms with Crippen LogP contribution in [0.25, 0.3) is 10.9 Å². The third kappa shape index (κ3) is 3.14. The summed E-state index contributed by atoms with van der Waals surface area (Å²) < 4.78 is 4.96. The number of hydrogen-bond acceptors (Lipinski definition) is 3. The molecule has 0 atom stereocenters. The van der Waals surface area contributed by atoms with Crippen LogP contribution in [0.4, 0.5) is 0 Å². The fraction of sp³-hybridized carbons (Fsp3) is 0.333. The van der Waals surface area contributed by atoms with Crippen molar-refractivity contribution >= 4 is 16.9 Å². The number of aryl methyl sites for hydroxylation is 1. The van der Waals surface area contributed by atoms with Gasteiger partial charge in [0.1, 0.15) is 5.69 Å². The Morgan fingerprint density at radius 3 is 3.00 bits per heavy atom. The first-order chi connectivity index (χ1) is 9.24. The minimum Gasteiger partial charge on any atom is -0.461 e. The Morgan fingerprint density at radius 1 is 1.42 bits per heavy atom. The number of fused-ring (bicyclic) bond motifs is 1. The number of unbranched alkanes of at least 4 members (excludes halogenated alkanes) is 1. The number of hydrogen-bond donors (Lipinski definition) is 1. The summed E-state index contributed by atoms with van der Waals surface area (Å²) in [6, 6.07) is 9.97. The van der Waals surface area contributed by atoms with Crippen molar-refractivity contribution in [2.45, 2.75) is 26.2 Å². The molecule has 4 nitrogen and oxygen atoms in total. The van der Waals surface area contributed by atoms with E-state index in [0.29, 0.717) is 18.7 Å². The zero-order chi connectivity index (χ0) is 13.7. The van der Waals surface area contributed by atoms with Crippen molar-refractivity contribution in [3.63, 3.8) is 0 Å². The van der Waals surface area contributed by atoms with Gasteiger partial charge in [0.25, 0.3) is 0 Å². The van der Waals surface area contributed by atoms with Crippen molar-refractivity contribution in [3.8, 4) is 6.07 Å². The Hall–Kier alpha value is -2.28. The standard InChI is InChI=1S/C15H16N2O2/c1-2-19-15(18)14-10-12-9-11(5-3-4-8-16)6-7-13(12)17-14/h6-7,9-10,17H,2-5H2,1H3. The molecule has 0 aliphatic heterocycles. The Balaban J connectivity index is 2.19. The molecule has 1 N–H and O–H groups in total. The summed E-state index contributed by atoms with van der Waals surface area (Å²) in [6.07, 6.45) is 2.31. The highest BCUT2D eigenvalue weighted by Gasteiger charge is 2.10. The molecule has 0 radical (unpaired) electrons. The van der Waals surface area contributed by atoms with E-state index in [1.54, 1.807) is 13.0 Å². The van der Waals surface area contributed by atoms with Crippen LogP contribution in [-0.4, -0.2) is 17.6 Å². The SMILES string of the molecule is CCOC(=O)c1cc2cc(CCCC#N)ccc2[nH]1. The molecule has 1 aromatic carbocycles. The smallest absolute Gasteiger partial charge is 0.354 e. The summed E-state index contributed by atoms with van der Waals surface area (Å²) in [4.78, 5) is 14.7. The largest absolute Gasteiger partial charge is 0.461 e. The number of nitriles is 1. The van der Waals surface area contributed by atoms with Gasteiger partial charge in [0.05, 0.1) is 12.7 Å². The molecule has 2 rings (SSSR count). The van der Waals surface area contributed by atoms with E-state index in [9.17, 15) is 4.79 Å². The van der Waals surface area contributed by atoms with Crippen LogP contribution in [-0.2, 0) is 11.2 Å². The number of rotatable bonds is 5. The predicted octanol–water partition coefficient (Wildman–Crippen LogP) is 3.19. The van der Waals surface area contributed by atoms with E-state index in [2.05, 4.69) is 11.1 Å². The van der Waals surface area contributed by atoms with E-state index in [-0.39, 0.29) is 5.97 Å². The topological polar surface area (TPSA) is 65.9 Å². The van der Waals surface area contributed by atoms with E-state index in [1.807, 2.05) is 18.2 Å². The van der Waals surface area contributed by atoms with Gasteiger partial charge in [-0.05, 0) is 43.5 Å². The van der Waals surface area contributed by atoms with Gasteiger partial charge >= 0.3 is 5.97 Å². The maximum absolute atomic E-state index is 11.6. The maximum atomic E-state index is 11.6. The lowest BCUT2D eigenvalue weighted by Crippen LogP contribution is -2.04. The number of esters is 1. The number of ether oxygens (including phenoxy) is 1. The monoisotopic (exact) mass is 256 g/mol. The minimum atomic E-state index is -0.329. The van der Waals surface area contributed by atoms with Crippen molar-refractivity contribution in [1.82, 2.24) is 4.98 Å². The third-order valence-electron chi connectivity index (χ3n) is 2.93. The van der Waals surface area contributed by atoms with Crippen LogP contribution in [0.3, 0.4) is 0 Å². The fourth-order valence-corrected chi connectivity index (χ4v) is 2.03. The van der Waals surface area contributed by atoms with Crippen molar-refractivity contribution in [3.05, 3.63) is 35.5 Å². The Bertz CT molecular complexity index is 623. The van der Waals surface area contributed by atoms with Crippen molar-refractivity contribution in [1.29, 1.82) is 5.26 Å². The molecule has 1 heterocycles. The third-order valence-corrected chi connectivity index (χ3v) is 2.93. The number of aromatic amines is 1. The van der Waals surface area contributed by atoms with Gasteiger partial charge in [-0.15, -0.1) is 0 Å². The van der Waals surface area contributed by atoms with Crippen LogP contribution in [0.1, 0.15) is 35.8 Å². The molecule has 0 spiro atoms.